The normalized spacial score (nSPS) is 25.8. The Bertz CT molecular complexity index is 1150. The third-order valence-corrected chi connectivity index (χ3v) is 7.61. The smallest absolute Gasteiger partial charge is 0.410 e. The number of carbonyl (C=O) groups excluding carboxylic acids is 1. The summed E-state index contributed by atoms with van der Waals surface area (Å²) in [7, 11) is 0. The number of hydrogen-bond acceptors (Lipinski definition) is 7. The largest absolute Gasteiger partial charge is 0.474 e. The molecule has 0 N–H and O–H groups in total. The van der Waals surface area contributed by atoms with E-state index in [1.165, 1.54) is 0 Å². The molecule has 3 unspecified atom stereocenters. The third-order valence-electron chi connectivity index (χ3n) is 7.31. The number of carbonyl (C=O) groups is 1. The van der Waals surface area contributed by atoms with E-state index in [4.69, 9.17) is 31.1 Å². The van der Waals surface area contributed by atoms with E-state index >= 15 is 0 Å². The first-order chi connectivity index (χ1) is 17.4. The summed E-state index contributed by atoms with van der Waals surface area (Å²) in [5.74, 6) is 0.610. The monoisotopic (exact) mass is 510 g/mol. The van der Waals surface area contributed by atoms with Crippen LogP contribution in [0.25, 0.3) is 0 Å². The molecule has 3 aliphatic heterocycles. The zero-order chi connectivity index (χ0) is 25.3. The van der Waals surface area contributed by atoms with Crippen molar-refractivity contribution >= 4 is 29.3 Å². The van der Waals surface area contributed by atoms with E-state index in [2.05, 4.69) is 22.0 Å². The predicted octanol–water partition coefficient (Wildman–Crippen LogP) is 4.69. The third kappa shape index (κ3) is 5.09. The van der Waals surface area contributed by atoms with Gasteiger partial charge < -0.3 is 24.0 Å². The Labute approximate surface area is 216 Å². The van der Waals surface area contributed by atoms with Crippen molar-refractivity contribution in [3.8, 4) is 6.07 Å². The van der Waals surface area contributed by atoms with E-state index in [9.17, 15) is 4.79 Å². The molecular weight excluding hydrogens is 480 g/mol. The van der Waals surface area contributed by atoms with Crippen LogP contribution in [0.3, 0.4) is 0 Å². The number of fused-ring (bicyclic) bond motifs is 1. The minimum atomic E-state index is -0.305. The first-order valence-corrected chi connectivity index (χ1v) is 12.9. The molecule has 1 aromatic carbocycles. The van der Waals surface area contributed by atoms with Crippen LogP contribution in [0.2, 0.25) is 5.02 Å². The topological polar surface area (TPSA) is 87.4 Å². The van der Waals surface area contributed by atoms with Gasteiger partial charge in [0.05, 0.1) is 41.6 Å². The van der Waals surface area contributed by atoms with Gasteiger partial charge in [0.1, 0.15) is 11.7 Å². The fraction of sp³-hybridized carbons (Fsp3) is 0.519. The number of benzene rings is 1. The molecule has 1 aliphatic carbocycles. The summed E-state index contributed by atoms with van der Waals surface area (Å²) < 4.78 is 18.0. The number of halogens is 1. The molecule has 1 saturated carbocycles. The Kier molecular flexibility index (Phi) is 6.96. The predicted molar refractivity (Wildman–Crippen MR) is 137 cm³/mol. The number of anilines is 1. The van der Waals surface area contributed by atoms with Gasteiger partial charge in [0.25, 0.3) is 0 Å². The van der Waals surface area contributed by atoms with Crippen LogP contribution in [0.15, 0.2) is 47.1 Å². The quantitative estimate of drug-likeness (QED) is 0.552. The van der Waals surface area contributed by atoms with Crippen molar-refractivity contribution in [1.82, 2.24) is 4.90 Å². The van der Waals surface area contributed by atoms with Crippen LogP contribution in [0.1, 0.15) is 38.7 Å². The van der Waals surface area contributed by atoms with Crippen LogP contribution in [0.4, 0.5) is 10.5 Å². The number of ether oxygens (including phenoxy) is 3. The molecule has 0 aromatic heterocycles. The molecule has 0 radical (unpaired) electrons. The minimum absolute atomic E-state index is 0.0105. The molecule has 3 heterocycles. The van der Waals surface area contributed by atoms with Crippen molar-refractivity contribution < 1.29 is 19.0 Å². The highest BCUT2D eigenvalue weighted by molar-refractivity contribution is 6.33. The van der Waals surface area contributed by atoms with E-state index in [1.807, 2.05) is 26.0 Å². The Balaban J connectivity index is 1.26. The highest BCUT2D eigenvalue weighted by atomic mass is 35.5. The van der Waals surface area contributed by atoms with Gasteiger partial charge >= 0.3 is 6.09 Å². The summed E-state index contributed by atoms with van der Waals surface area (Å²) in [6.07, 6.45) is 8.07. The summed E-state index contributed by atoms with van der Waals surface area (Å²) >= 11 is 6.50. The molecule has 1 aromatic rings. The Morgan fingerprint density at radius 2 is 2.25 bits per heavy atom. The minimum Gasteiger partial charge on any atom is -0.474 e. The molecule has 9 heteroatoms. The number of hydrogen-bond donors (Lipinski definition) is 0. The van der Waals surface area contributed by atoms with Crippen LogP contribution in [-0.2, 0) is 14.2 Å². The zero-order valence-corrected chi connectivity index (χ0v) is 21.4. The summed E-state index contributed by atoms with van der Waals surface area (Å²) in [4.78, 5) is 21.2. The first kappa shape index (κ1) is 24.7. The summed E-state index contributed by atoms with van der Waals surface area (Å²) in [5.41, 5.74) is 2.09. The lowest BCUT2D eigenvalue weighted by Gasteiger charge is -2.36. The average molecular weight is 511 g/mol. The van der Waals surface area contributed by atoms with Crippen LogP contribution < -0.4 is 4.90 Å². The molecule has 2 fully saturated rings. The molecule has 3 atom stereocenters. The maximum atomic E-state index is 12.7. The van der Waals surface area contributed by atoms with Gasteiger partial charge in [-0.15, -0.1) is 0 Å². The molecule has 5 rings (SSSR count). The second-order valence-corrected chi connectivity index (χ2v) is 10.4. The van der Waals surface area contributed by atoms with Gasteiger partial charge in [-0.05, 0) is 51.0 Å². The van der Waals surface area contributed by atoms with Gasteiger partial charge in [0.2, 0.25) is 5.90 Å². The van der Waals surface area contributed by atoms with Crippen molar-refractivity contribution in [1.29, 1.82) is 5.26 Å². The van der Waals surface area contributed by atoms with Gasteiger partial charge in [-0.2, -0.15) is 5.26 Å². The van der Waals surface area contributed by atoms with Crippen LogP contribution in [0.5, 0.6) is 0 Å². The van der Waals surface area contributed by atoms with E-state index < -0.39 is 0 Å². The number of aliphatic imine (C=N–C) groups is 1. The van der Waals surface area contributed by atoms with Gasteiger partial charge in [-0.25, -0.2) is 9.79 Å². The summed E-state index contributed by atoms with van der Waals surface area (Å²) in [6, 6.07) is 7.42. The SMILES string of the molecule is CCN(CC1COCCC1OC1=NC=CC2C1=CCN2c1ccc(C#N)cc1Cl)C(=O)OC1(C)CC1. The number of rotatable bonds is 6. The standard InChI is InChI=1S/C27H31ClN4O4/c1-3-31(26(33)36-27(2)9-10-27)16-19-17-34-13-8-24(19)35-25-20-7-12-32(22(20)6-11-30-25)23-5-4-18(15-29)14-21(23)28/h4-7,11,14,19,22,24H,3,8-10,12-13,16-17H2,1-2H3. The van der Waals surface area contributed by atoms with Crippen LogP contribution in [0, 0.1) is 17.2 Å². The summed E-state index contributed by atoms with van der Waals surface area (Å²) in [5, 5.41) is 9.70. The Morgan fingerprint density at radius 3 is 2.97 bits per heavy atom. The van der Waals surface area contributed by atoms with Gasteiger partial charge in [-0.3, -0.25) is 0 Å². The van der Waals surface area contributed by atoms with Crippen molar-refractivity contribution in [3.05, 3.63) is 52.7 Å². The van der Waals surface area contributed by atoms with Crippen molar-refractivity contribution in [2.75, 3.05) is 37.7 Å². The first-order valence-electron chi connectivity index (χ1n) is 12.5. The molecule has 1 saturated heterocycles. The van der Waals surface area contributed by atoms with E-state index in [-0.39, 0.29) is 29.8 Å². The second-order valence-electron chi connectivity index (χ2n) is 9.95. The van der Waals surface area contributed by atoms with Gasteiger partial charge in [-0.1, -0.05) is 17.7 Å². The van der Waals surface area contributed by atoms with E-state index in [0.717, 1.165) is 30.5 Å². The molecule has 36 heavy (non-hydrogen) atoms. The lowest BCUT2D eigenvalue weighted by molar-refractivity contribution is -0.0408. The molecule has 8 nitrogen and oxygen atoms in total. The number of nitrogens with zero attached hydrogens (tertiary/aromatic N) is 4. The maximum absolute atomic E-state index is 12.7. The van der Waals surface area contributed by atoms with E-state index in [1.54, 1.807) is 23.2 Å². The lowest BCUT2D eigenvalue weighted by Crippen LogP contribution is -2.46. The van der Waals surface area contributed by atoms with Gasteiger partial charge in [0, 0.05) is 43.7 Å². The molecule has 1 amide bonds. The van der Waals surface area contributed by atoms with Crippen molar-refractivity contribution in [2.45, 2.75) is 50.9 Å². The van der Waals surface area contributed by atoms with Crippen molar-refractivity contribution in [3.63, 3.8) is 0 Å². The fourth-order valence-corrected chi connectivity index (χ4v) is 5.15. The number of nitriles is 1. The molecule has 0 bridgehead atoms. The molecule has 0 spiro atoms. The highest BCUT2D eigenvalue weighted by Gasteiger charge is 2.43. The molecule has 190 valence electrons. The van der Waals surface area contributed by atoms with E-state index in [0.29, 0.717) is 49.3 Å². The lowest BCUT2D eigenvalue weighted by atomic mass is 9.97. The number of amides is 1. The fourth-order valence-electron chi connectivity index (χ4n) is 4.86. The Morgan fingerprint density at radius 1 is 1.42 bits per heavy atom. The van der Waals surface area contributed by atoms with Gasteiger partial charge in [0.15, 0.2) is 0 Å². The van der Waals surface area contributed by atoms with Crippen LogP contribution in [-0.4, -0.2) is 67.5 Å². The average Bonchev–Trinajstić information content (AvgIpc) is 3.44. The molecule has 4 aliphatic rings. The highest BCUT2D eigenvalue weighted by Crippen LogP contribution is 2.39. The zero-order valence-electron chi connectivity index (χ0n) is 20.7. The molecular formula is C27H31ClN4O4. The Hall–Kier alpha value is -3.02. The van der Waals surface area contributed by atoms with Crippen LogP contribution >= 0.6 is 11.6 Å². The maximum Gasteiger partial charge on any atom is 0.410 e. The second kappa shape index (κ2) is 10.2. The van der Waals surface area contributed by atoms with Crippen molar-refractivity contribution in [2.24, 2.45) is 10.9 Å². The summed E-state index contributed by atoms with van der Waals surface area (Å²) in [6.45, 7) is 6.79.